The first-order valence-corrected chi connectivity index (χ1v) is 7.48. The Hall–Kier alpha value is -1.36. The van der Waals surface area contributed by atoms with Gasteiger partial charge in [-0.3, -0.25) is 14.8 Å². The molecule has 5 nitrogen and oxygen atoms in total. The molecule has 0 aliphatic heterocycles. The summed E-state index contributed by atoms with van der Waals surface area (Å²) in [5.41, 5.74) is 0.580. The maximum Gasteiger partial charge on any atom is 0.326 e. The first kappa shape index (κ1) is 15.0. The summed E-state index contributed by atoms with van der Waals surface area (Å²) in [6.07, 6.45) is 5.79. The molecule has 1 aliphatic carbocycles. The average Bonchev–Trinajstić information content (AvgIpc) is 3.12. The van der Waals surface area contributed by atoms with Crippen molar-refractivity contribution in [1.82, 2.24) is 15.1 Å². The van der Waals surface area contributed by atoms with Crippen LogP contribution in [0.4, 0.5) is 0 Å². The van der Waals surface area contributed by atoms with Gasteiger partial charge in [-0.05, 0) is 52.5 Å². The maximum atomic E-state index is 12.2. The van der Waals surface area contributed by atoms with Crippen molar-refractivity contribution in [2.24, 2.45) is 0 Å². The van der Waals surface area contributed by atoms with E-state index < -0.39 is 5.54 Å². The van der Waals surface area contributed by atoms with Gasteiger partial charge in [-0.15, -0.1) is 0 Å². The predicted octanol–water partition coefficient (Wildman–Crippen LogP) is 2.05. The highest BCUT2D eigenvalue weighted by molar-refractivity contribution is 5.80. The number of nitrogens with one attached hydrogen (secondary N) is 1. The molecular formula is C15H25N3O2. The van der Waals surface area contributed by atoms with Crippen LogP contribution in [0.2, 0.25) is 0 Å². The fourth-order valence-corrected chi connectivity index (χ4v) is 2.42. The van der Waals surface area contributed by atoms with Crippen molar-refractivity contribution in [1.29, 1.82) is 0 Å². The highest BCUT2D eigenvalue weighted by atomic mass is 16.5. The fraction of sp³-hybridized carbons (Fsp3) is 0.733. The predicted molar refractivity (Wildman–Crippen MR) is 77.4 cm³/mol. The normalized spacial score (nSPS) is 17.8. The molecule has 1 heterocycles. The molecule has 2 rings (SSSR count). The van der Waals surface area contributed by atoms with E-state index in [1.54, 1.807) is 0 Å². The minimum absolute atomic E-state index is 0.135. The molecule has 0 spiro atoms. The molecule has 1 aromatic rings. The van der Waals surface area contributed by atoms with Gasteiger partial charge in [0, 0.05) is 24.5 Å². The van der Waals surface area contributed by atoms with Gasteiger partial charge in [0.05, 0.1) is 6.61 Å². The van der Waals surface area contributed by atoms with Gasteiger partial charge in [0.2, 0.25) is 0 Å². The molecular weight excluding hydrogens is 254 g/mol. The van der Waals surface area contributed by atoms with Crippen LogP contribution in [0, 0.1) is 6.92 Å². The highest BCUT2D eigenvalue weighted by Crippen LogP contribution is 2.26. The number of ether oxygens (including phenoxy) is 1. The number of esters is 1. The number of nitrogens with zero attached hydrogens (tertiary/aromatic N) is 2. The van der Waals surface area contributed by atoms with Gasteiger partial charge in [0.25, 0.3) is 0 Å². The van der Waals surface area contributed by atoms with E-state index in [2.05, 4.69) is 10.4 Å². The molecule has 1 atom stereocenters. The van der Waals surface area contributed by atoms with Crippen molar-refractivity contribution in [3.8, 4) is 0 Å². The van der Waals surface area contributed by atoms with Crippen LogP contribution in [0.1, 0.15) is 45.2 Å². The molecule has 0 saturated heterocycles. The molecule has 0 bridgehead atoms. The lowest BCUT2D eigenvalue weighted by molar-refractivity contribution is -0.151. The second-order valence-corrected chi connectivity index (χ2v) is 5.77. The third-order valence-corrected chi connectivity index (χ3v) is 3.80. The summed E-state index contributed by atoms with van der Waals surface area (Å²) in [4.78, 5) is 12.2. The molecule has 1 saturated carbocycles. The van der Waals surface area contributed by atoms with Gasteiger partial charge < -0.3 is 4.74 Å². The monoisotopic (exact) mass is 279 g/mol. The summed E-state index contributed by atoms with van der Waals surface area (Å²) in [5.74, 6) is -0.135. The number of hydrogen-bond acceptors (Lipinski definition) is 4. The zero-order chi connectivity index (χ0) is 14.6. The molecule has 20 heavy (non-hydrogen) atoms. The van der Waals surface area contributed by atoms with Crippen LogP contribution in [0.5, 0.6) is 0 Å². The Morgan fingerprint density at radius 2 is 2.35 bits per heavy atom. The Morgan fingerprint density at radius 3 is 2.90 bits per heavy atom. The largest absolute Gasteiger partial charge is 0.465 e. The van der Waals surface area contributed by atoms with E-state index in [1.807, 2.05) is 37.7 Å². The first-order valence-electron chi connectivity index (χ1n) is 7.48. The number of carbonyl (C=O) groups excluding carboxylic acids is 1. The van der Waals surface area contributed by atoms with E-state index in [9.17, 15) is 4.79 Å². The Labute approximate surface area is 120 Å². The van der Waals surface area contributed by atoms with Crippen LogP contribution in [-0.4, -0.2) is 33.9 Å². The quantitative estimate of drug-likeness (QED) is 0.740. The number of aromatic nitrogens is 2. The second-order valence-electron chi connectivity index (χ2n) is 5.77. The van der Waals surface area contributed by atoms with E-state index in [0.717, 1.165) is 37.9 Å². The van der Waals surface area contributed by atoms with Gasteiger partial charge in [0.15, 0.2) is 0 Å². The molecule has 1 fully saturated rings. The van der Waals surface area contributed by atoms with Crippen LogP contribution >= 0.6 is 0 Å². The minimum atomic E-state index is -0.571. The Bertz CT molecular complexity index is 454. The van der Waals surface area contributed by atoms with Gasteiger partial charge in [0.1, 0.15) is 5.54 Å². The maximum absolute atomic E-state index is 12.2. The zero-order valence-corrected chi connectivity index (χ0v) is 12.7. The zero-order valence-electron chi connectivity index (χ0n) is 12.7. The molecule has 0 amide bonds. The lowest BCUT2D eigenvalue weighted by Gasteiger charge is -2.28. The van der Waals surface area contributed by atoms with Crippen LogP contribution in [-0.2, 0) is 16.1 Å². The van der Waals surface area contributed by atoms with E-state index >= 15 is 0 Å². The molecule has 1 aromatic heterocycles. The van der Waals surface area contributed by atoms with Crippen molar-refractivity contribution in [3.63, 3.8) is 0 Å². The van der Waals surface area contributed by atoms with Crippen molar-refractivity contribution >= 4 is 5.97 Å². The van der Waals surface area contributed by atoms with Crippen molar-refractivity contribution < 1.29 is 9.53 Å². The summed E-state index contributed by atoms with van der Waals surface area (Å²) in [7, 11) is 0. The first-order chi connectivity index (χ1) is 9.55. The van der Waals surface area contributed by atoms with E-state index in [0.29, 0.717) is 12.6 Å². The van der Waals surface area contributed by atoms with Gasteiger partial charge >= 0.3 is 5.97 Å². The number of aryl methyl sites for hydroxylation is 2. The van der Waals surface area contributed by atoms with Crippen LogP contribution in [0.15, 0.2) is 12.3 Å². The third-order valence-electron chi connectivity index (χ3n) is 3.80. The van der Waals surface area contributed by atoms with E-state index in [4.69, 9.17) is 4.74 Å². The smallest absolute Gasteiger partial charge is 0.326 e. The fourth-order valence-electron chi connectivity index (χ4n) is 2.42. The molecule has 112 valence electrons. The van der Waals surface area contributed by atoms with Gasteiger partial charge in [-0.1, -0.05) is 0 Å². The van der Waals surface area contributed by atoms with Crippen LogP contribution in [0.25, 0.3) is 0 Å². The van der Waals surface area contributed by atoms with E-state index in [-0.39, 0.29) is 5.97 Å². The summed E-state index contributed by atoms with van der Waals surface area (Å²) in [6, 6.07) is 2.48. The standard InChI is InChI=1S/C15H25N3O2/c1-4-20-14(19)15(3,17-13-6-7-13)9-5-11-18-12(2)8-10-16-18/h8,10,13,17H,4-7,9,11H2,1-3H3. The lowest BCUT2D eigenvalue weighted by atomic mass is 9.95. The van der Waals surface area contributed by atoms with Crippen molar-refractivity contribution in [2.45, 2.75) is 64.6 Å². The minimum Gasteiger partial charge on any atom is -0.465 e. The number of carbonyl (C=O) groups is 1. The molecule has 0 radical (unpaired) electrons. The van der Waals surface area contributed by atoms with Gasteiger partial charge in [-0.2, -0.15) is 5.10 Å². The molecule has 1 aliphatic rings. The molecule has 5 heteroatoms. The average molecular weight is 279 g/mol. The topological polar surface area (TPSA) is 56.2 Å². The second kappa shape index (κ2) is 6.39. The molecule has 1 unspecified atom stereocenters. The lowest BCUT2D eigenvalue weighted by Crippen LogP contribution is -2.51. The molecule has 1 N–H and O–H groups in total. The Balaban J connectivity index is 1.89. The van der Waals surface area contributed by atoms with Crippen molar-refractivity contribution in [3.05, 3.63) is 18.0 Å². The summed E-state index contributed by atoms with van der Waals surface area (Å²) < 4.78 is 7.20. The SMILES string of the molecule is CCOC(=O)C(C)(CCCn1nccc1C)NC1CC1. The summed E-state index contributed by atoms with van der Waals surface area (Å²) in [5, 5.41) is 7.71. The van der Waals surface area contributed by atoms with Gasteiger partial charge in [-0.25, -0.2) is 0 Å². The van der Waals surface area contributed by atoms with E-state index in [1.165, 1.54) is 0 Å². The Kier molecular flexibility index (Phi) is 4.81. The summed E-state index contributed by atoms with van der Waals surface area (Å²) in [6.45, 7) is 7.11. The van der Waals surface area contributed by atoms with Crippen molar-refractivity contribution in [2.75, 3.05) is 6.61 Å². The summed E-state index contributed by atoms with van der Waals surface area (Å²) >= 11 is 0. The highest BCUT2D eigenvalue weighted by Gasteiger charge is 2.39. The number of rotatable bonds is 8. The Morgan fingerprint density at radius 1 is 1.60 bits per heavy atom. The van der Waals surface area contributed by atoms with Crippen LogP contribution in [0.3, 0.4) is 0 Å². The molecule has 0 aromatic carbocycles. The van der Waals surface area contributed by atoms with Crippen LogP contribution < -0.4 is 5.32 Å². The number of hydrogen-bond donors (Lipinski definition) is 1. The third kappa shape index (κ3) is 3.82.